The second kappa shape index (κ2) is 7.35. The van der Waals surface area contributed by atoms with Gasteiger partial charge in [-0.2, -0.15) is 0 Å². The first-order valence-corrected chi connectivity index (χ1v) is 11.0. The number of nitrogens with zero attached hydrogens (tertiary/aromatic N) is 4. The van der Waals surface area contributed by atoms with Crippen molar-refractivity contribution in [2.45, 2.75) is 17.5 Å². The molecule has 0 aliphatic carbocycles. The Labute approximate surface area is 170 Å². The first kappa shape index (κ1) is 18.1. The van der Waals surface area contributed by atoms with Crippen LogP contribution in [0.25, 0.3) is 10.8 Å². The standard InChI is InChI=1S/C19H15IN4O2S/c20-18-8-4-3-7-17(18)12-24-19(21-22-23-24)27(25,26)13-14-9-10-15-5-1-2-6-16(15)11-14/h1-11H,12-13H2. The molecule has 6 nitrogen and oxygen atoms in total. The molecular formula is C19H15IN4O2S. The third-order valence-electron chi connectivity index (χ3n) is 4.23. The van der Waals surface area contributed by atoms with E-state index in [-0.39, 0.29) is 10.9 Å². The lowest BCUT2D eigenvalue weighted by Crippen LogP contribution is -2.15. The number of hydrogen-bond acceptors (Lipinski definition) is 5. The fraction of sp³-hybridized carbons (Fsp3) is 0.105. The number of tetrazole rings is 1. The molecule has 0 fully saturated rings. The largest absolute Gasteiger partial charge is 0.268 e. The Morgan fingerprint density at radius 1 is 0.926 bits per heavy atom. The highest BCUT2D eigenvalue weighted by molar-refractivity contribution is 14.1. The van der Waals surface area contributed by atoms with Gasteiger partial charge in [-0.1, -0.05) is 65.8 Å². The van der Waals surface area contributed by atoms with Crippen LogP contribution in [0.2, 0.25) is 0 Å². The number of benzene rings is 3. The second-order valence-electron chi connectivity index (χ2n) is 6.15. The van der Waals surface area contributed by atoms with Gasteiger partial charge in [0.05, 0.1) is 12.3 Å². The summed E-state index contributed by atoms with van der Waals surface area (Å²) in [7, 11) is -3.68. The average Bonchev–Trinajstić information content (AvgIpc) is 3.12. The molecule has 0 aliphatic heterocycles. The van der Waals surface area contributed by atoms with Gasteiger partial charge in [0.2, 0.25) is 9.84 Å². The van der Waals surface area contributed by atoms with Crippen molar-refractivity contribution in [2.75, 3.05) is 0 Å². The lowest BCUT2D eigenvalue weighted by atomic mass is 10.1. The lowest BCUT2D eigenvalue weighted by Gasteiger charge is -2.08. The molecule has 4 rings (SSSR count). The Morgan fingerprint density at radius 3 is 2.48 bits per heavy atom. The molecule has 0 aliphatic rings. The van der Waals surface area contributed by atoms with Crippen molar-refractivity contribution in [1.29, 1.82) is 0 Å². The van der Waals surface area contributed by atoms with Crippen LogP contribution in [0.4, 0.5) is 0 Å². The zero-order valence-corrected chi connectivity index (χ0v) is 17.1. The summed E-state index contributed by atoms with van der Waals surface area (Å²) in [4.78, 5) is 0. The van der Waals surface area contributed by atoms with Crippen LogP contribution in [0, 0.1) is 3.57 Å². The summed E-state index contributed by atoms with van der Waals surface area (Å²) in [5.41, 5.74) is 1.67. The Bertz CT molecular complexity index is 1220. The molecule has 0 amide bonds. The third-order valence-corrected chi connectivity index (χ3v) is 6.84. The van der Waals surface area contributed by atoms with Gasteiger partial charge in [0.15, 0.2) is 0 Å². The average molecular weight is 490 g/mol. The monoisotopic (exact) mass is 490 g/mol. The van der Waals surface area contributed by atoms with Gasteiger partial charge in [0.25, 0.3) is 5.16 Å². The number of aromatic nitrogens is 4. The van der Waals surface area contributed by atoms with Crippen molar-refractivity contribution in [2.24, 2.45) is 0 Å². The summed E-state index contributed by atoms with van der Waals surface area (Å²) in [6, 6.07) is 21.2. The first-order valence-electron chi connectivity index (χ1n) is 8.23. The van der Waals surface area contributed by atoms with Crippen LogP contribution in [0.15, 0.2) is 71.9 Å². The Kier molecular flexibility index (Phi) is 4.92. The number of rotatable bonds is 5. The molecule has 4 aromatic rings. The summed E-state index contributed by atoms with van der Waals surface area (Å²) in [5, 5.41) is 13.2. The molecule has 136 valence electrons. The van der Waals surface area contributed by atoms with Crippen LogP contribution in [0.1, 0.15) is 11.1 Å². The van der Waals surface area contributed by atoms with E-state index in [0.29, 0.717) is 12.1 Å². The van der Waals surface area contributed by atoms with Gasteiger partial charge in [-0.15, -0.1) is 0 Å². The number of halogens is 1. The van der Waals surface area contributed by atoms with Crippen LogP contribution in [-0.2, 0) is 22.1 Å². The molecule has 27 heavy (non-hydrogen) atoms. The van der Waals surface area contributed by atoms with Crippen LogP contribution >= 0.6 is 22.6 Å². The van der Waals surface area contributed by atoms with E-state index < -0.39 is 9.84 Å². The summed E-state index contributed by atoms with van der Waals surface area (Å²) in [6.45, 7) is 0.304. The van der Waals surface area contributed by atoms with E-state index in [1.165, 1.54) is 4.68 Å². The highest BCUT2D eigenvalue weighted by atomic mass is 127. The normalized spacial score (nSPS) is 11.7. The van der Waals surface area contributed by atoms with Crippen LogP contribution in [0.3, 0.4) is 0 Å². The van der Waals surface area contributed by atoms with E-state index in [9.17, 15) is 8.42 Å². The zero-order chi connectivity index (χ0) is 18.9. The van der Waals surface area contributed by atoms with Crippen molar-refractivity contribution >= 4 is 43.2 Å². The van der Waals surface area contributed by atoms with Gasteiger partial charge in [0.1, 0.15) is 0 Å². The van der Waals surface area contributed by atoms with Gasteiger partial charge in [-0.3, -0.25) is 0 Å². The minimum absolute atomic E-state index is 0.115. The number of hydrogen-bond donors (Lipinski definition) is 0. The summed E-state index contributed by atoms with van der Waals surface area (Å²) in [5.74, 6) is -0.149. The predicted octanol–water partition coefficient (Wildman–Crippen LogP) is 3.45. The van der Waals surface area contributed by atoms with Crippen LogP contribution in [0.5, 0.6) is 0 Å². The summed E-state index contributed by atoms with van der Waals surface area (Å²) in [6.07, 6.45) is 0. The number of fused-ring (bicyclic) bond motifs is 1. The maximum absolute atomic E-state index is 12.9. The maximum atomic E-state index is 12.9. The van der Waals surface area contributed by atoms with Crippen molar-refractivity contribution in [1.82, 2.24) is 20.2 Å². The van der Waals surface area contributed by atoms with Gasteiger partial charge < -0.3 is 0 Å². The Hall–Kier alpha value is -2.33. The van der Waals surface area contributed by atoms with Crippen molar-refractivity contribution in [3.63, 3.8) is 0 Å². The SMILES string of the molecule is O=S(=O)(Cc1ccc2ccccc2c1)c1nnnn1Cc1ccccc1I. The smallest absolute Gasteiger partial charge is 0.220 e. The summed E-state index contributed by atoms with van der Waals surface area (Å²) < 4.78 is 28.2. The molecule has 1 heterocycles. The van der Waals surface area contributed by atoms with E-state index in [1.807, 2.05) is 66.7 Å². The quantitative estimate of drug-likeness (QED) is 0.401. The Morgan fingerprint density at radius 2 is 1.67 bits per heavy atom. The molecule has 0 saturated carbocycles. The molecule has 0 atom stereocenters. The lowest BCUT2D eigenvalue weighted by molar-refractivity contribution is 0.550. The molecule has 1 aromatic heterocycles. The van der Waals surface area contributed by atoms with Crippen molar-refractivity contribution in [3.8, 4) is 0 Å². The fourth-order valence-electron chi connectivity index (χ4n) is 2.92. The maximum Gasteiger partial charge on any atom is 0.268 e. The molecule has 0 spiro atoms. The Balaban J connectivity index is 1.64. The molecule has 0 N–H and O–H groups in total. The highest BCUT2D eigenvalue weighted by Crippen LogP contribution is 2.20. The van der Waals surface area contributed by atoms with Gasteiger partial charge in [0, 0.05) is 3.57 Å². The van der Waals surface area contributed by atoms with E-state index in [4.69, 9.17) is 0 Å². The number of sulfone groups is 1. The minimum atomic E-state index is -3.68. The van der Waals surface area contributed by atoms with E-state index in [1.54, 1.807) is 0 Å². The zero-order valence-electron chi connectivity index (χ0n) is 14.2. The molecule has 0 unspecified atom stereocenters. The molecule has 0 saturated heterocycles. The summed E-state index contributed by atoms with van der Waals surface area (Å²) >= 11 is 2.21. The van der Waals surface area contributed by atoms with E-state index >= 15 is 0 Å². The van der Waals surface area contributed by atoms with Crippen molar-refractivity contribution < 1.29 is 8.42 Å². The van der Waals surface area contributed by atoms with Gasteiger partial charge >= 0.3 is 0 Å². The molecule has 3 aromatic carbocycles. The topological polar surface area (TPSA) is 77.7 Å². The fourth-order valence-corrected chi connectivity index (χ4v) is 4.81. The first-order chi connectivity index (χ1) is 13.0. The van der Waals surface area contributed by atoms with Crippen molar-refractivity contribution in [3.05, 3.63) is 81.4 Å². The van der Waals surface area contributed by atoms with E-state index in [2.05, 4.69) is 38.1 Å². The second-order valence-corrected chi connectivity index (χ2v) is 9.20. The molecule has 0 bridgehead atoms. The third kappa shape index (κ3) is 3.86. The van der Waals surface area contributed by atoms with E-state index in [0.717, 1.165) is 19.9 Å². The highest BCUT2D eigenvalue weighted by Gasteiger charge is 2.24. The molecule has 0 radical (unpaired) electrons. The predicted molar refractivity (Wildman–Crippen MR) is 111 cm³/mol. The van der Waals surface area contributed by atoms with Crippen LogP contribution < -0.4 is 0 Å². The van der Waals surface area contributed by atoms with Gasteiger partial charge in [-0.25, -0.2) is 13.1 Å². The molecular weight excluding hydrogens is 475 g/mol. The molecule has 8 heteroatoms. The van der Waals surface area contributed by atoms with Gasteiger partial charge in [-0.05, 0) is 61.0 Å². The van der Waals surface area contributed by atoms with Crippen LogP contribution in [-0.4, -0.2) is 28.6 Å². The minimum Gasteiger partial charge on any atom is -0.220 e.